The number of anilines is 1. The van der Waals surface area contributed by atoms with Crippen molar-refractivity contribution in [2.24, 2.45) is 0 Å². The van der Waals surface area contributed by atoms with Crippen molar-refractivity contribution in [3.8, 4) is 0 Å². The summed E-state index contributed by atoms with van der Waals surface area (Å²) in [7, 11) is -3.53. The Morgan fingerprint density at radius 3 is 2.43 bits per heavy atom. The molecule has 0 saturated carbocycles. The Hall–Kier alpha value is -2.25. The van der Waals surface area contributed by atoms with Crippen LogP contribution in [0.2, 0.25) is 0 Å². The number of carbonyl (C=O) groups excluding carboxylic acids is 1. The van der Waals surface area contributed by atoms with Gasteiger partial charge in [-0.3, -0.25) is 4.79 Å². The van der Waals surface area contributed by atoms with Crippen molar-refractivity contribution in [1.29, 1.82) is 0 Å². The molecule has 28 heavy (non-hydrogen) atoms. The number of aryl methyl sites for hydroxylation is 2. The third kappa shape index (κ3) is 4.77. The van der Waals surface area contributed by atoms with Crippen LogP contribution in [0.4, 0.5) is 5.69 Å². The zero-order valence-corrected chi connectivity index (χ0v) is 17.3. The van der Waals surface area contributed by atoms with Gasteiger partial charge in [0.1, 0.15) is 0 Å². The standard InChI is InChI=1S/C21H27N3O3S/c1-3-18-9-13-23(14-10-18)16-21(25)22-20-15-19(8-7-17(20)2)28(26,27)24-11-5-4-6-12-24/h7-10,13-15H,3-6,11-12,16H2,1-2H3/p+1. The molecule has 1 amide bonds. The van der Waals surface area contributed by atoms with E-state index in [0.29, 0.717) is 18.8 Å². The van der Waals surface area contributed by atoms with Crippen molar-refractivity contribution in [2.45, 2.75) is 51.0 Å². The average molecular weight is 403 g/mol. The highest BCUT2D eigenvalue weighted by molar-refractivity contribution is 7.89. The number of pyridine rings is 1. The zero-order valence-electron chi connectivity index (χ0n) is 16.5. The van der Waals surface area contributed by atoms with Gasteiger partial charge < -0.3 is 5.32 Å². The second kappa shape index (κ2) is 8.84. The largest absolute Gasteiger partial charge is 0.320 e. The van der Waals surface area contributed by atoms with Gasteiger partial charge in [-0.15, -0.1) is 0 Å². The lowest BCUT2D eigenvalue weighted by atomic mass is 10.2. The molecule has 1 aromatic heterocycles. The van der Waals surface area contributed by atoms with Crippen molar-refractivity contribution in [3.05, 3.63) is 53.9 Å². The quantitative estimate of drug-likeness (QED) is 0.755. The number of carbonyl (C=O) groups is 1. The van der Waals surface area contributed by atoms with E-state index in [-0.39, 0.29) is 17.3 Å². The number of aromatic nitrogens is 1. The highest BCUT2D eigenvalue weighted by atomic mass is 32.2. The van der Waals surface area contributed by atoms with E-state index in [1.54, 1.807) is 22.8 Å². The second-order valence-corrected chi connectivity index (χ2v) is 9.16. The van der Waals surface area contributed by atoms with Gasteiger partial charge in [0.25, 0.3) is 5.91 Å². The van der Waals surface area contributed by atoms with Gasteiger partial charge in [0.2, 0.25) is 16.6 Å². The number of nitrogens with zero attached hydrogens (tertiary/aromatic N) is 2. The van der Waals surface area contributed by atoms with Crippen molar-refractivity contribution in [2.75, 3.05) is 18.4 Å². The van der Waals surface area contributed by atoms with Crippen molar-refractivity contribution in [1.82, 2.24) is 4.31 Å². The maximum Gasteiger partial charge on any atom is 0.290 e. The number of benzene rings is 1. The van der Waals surface area contributed by atoms with E-state index in [4.69, 9.17) is 0 Å². The topological polar surface area (TPSA) is 70.4 Å². The summed E-state index contributed by atoms with van der Waals surface area (Å²) in [5.41, 5.74) is 2.58. The fourth-order valence-corrected chi connectivity index (χ4v) is 4.88. The van der Waals surface area contributed by atoms with Crippen LogP contribution in [0.1, 0.15) is 37.3 Å². The zero-order chi connectivity index (χ0) is 20.1. The molecule has 0 spiro atoms. The van der Waals surface area contributed by atoms with Crippen LogP contribution < -0.4 is 9.88 Å². The molecule has 7 heteroatoms. The SMILES string of the molecule is CCc1cc[n+](CC(=O)Nc2cc(S(=O)(=O)N3CCCCC3)ccc2C)cc1. The van der Waals surface area contributed by atoms with Crippen LogP contribution in [0.3, 0.4) is 0 Å². The minimum Gasteiger partial charge on any atom is -0.320 e. The monoisotopic (exact) mass is 402 g/mol. The molecule has 1 saturated heterocycles. The molecule has 0 atom stereocenters. The lowest BCUT2D eigenvalue weighted by Crippen LogP contribution is -2.39. The maximum absolute atomic E-state index is 12.9. The molecular weight excluding hydrogens is 374 g/mol. The summed E-state index contributed by atoms with van der Waals surface area (Å²) in [5.74, 6) is -0.190. The predicted molar refractivity (Wildman–Crippen MR) is 108 cm³/mol. The molecule has 2 heterocycles. The average Bonchev–Trinajstić information content (AvgIpc) is 2.70. The van der Waals surface area contributed by atoms with Crippen LogP contribution in [0.5, 0.6) is 0 Å². The van der Waals surface area contributed by atoms with E-state index in [2.05, 4.69) is 12.2 Å². The molecule has 150 valence electrons. The smallest absolute Gasteiger partial charge is 0.290 e. The van der Waals surface area contributed by atoms with E-state index >= 15 is 0 Å². The van der Waals surface area contributed by atoms with Gasteiger partial charge in [-0.05, 0) is 49.4 Å². The molecule has 2 aromatic rings. The van der Waals surface area contributed by atoms with E-state index in [1.165, 1.54) is 9.87 Å². The molecule has 1 aromatic carbocycles. The summed E-state index contributed by atoms with van der Waals surface area (Å²) in [6.45, 7) is 5.23. The number of hydrogen-bond donors (Lipinski definition) is 1. The molecule has 1 aliphatic heterocycles. The maximum atomic E-state index is 12.9. The molecule has 1 N–H and O–H groups in total. The van der Waals surface area contributed by atoms with Crippen LogP contribution in [-0.4, -0.2) is 31.7 Å². The lowest BCUT2D eigenvalue weighted by Gasteiger charge is -2.26. The van der Waals surface area contributed by atoms with Gasteiger partial charge in [-0.1, -0.05) is 19.4 Å². The fraction of sp³-hybridized carbons (Fsp3) is 0.429. The Balaban J connectivity index is 1.74. The number of piperidine rings is 1. The Kier molecular flexibility index (Phi) is 6.46. The van der Waals surface area contributed by atoms with Gasteiger partial charge in [0.15, 0.2) is 12.4 Å². The van der Waals surface area contributed by atoms with Crippen LogP contribution in [0.25, 0.3) is 0 Å². The van der Waals surface area contributed by atoms with E-state index < -0.39 is 10.0 Å². The fourth-order valence-electron chi connectivity index (χ4n) is 3.34. The molecule has 0 radical (unpaired) electrons. The van der Waals surface area contributed by atoms with Gasteiger partial charge in [-0.25, -0.2) is 8.42 Å². The Bertz CT molecular complexity index is 934. The van der Waals surface area contributed by atoms with Crippen molar-refractivity contribution >= 4 is 21.6 Å². The Morgan fingerprint density at radius 2 is 1.79 bits per heavy atom. The number of rotatable bonds is 6. The summed E-state index contributed by atoms with van der Waals surface area (Å²) in [6.07, 6.45) is 7.55. The highest BCUT2D eigenvalue weighted by Gasteiger charge is 2.26. The van der Waals surface area contributed by atoms with Crippen LogP contribution in [0, 0.1) is 6.92 Å². The summed E-state index contributed by atoms with van der Waals surface area (Å²) in [4.78, 5) is 12.7. The summed E-state index contributed by atoms with van der Waals surface area (Å²) in [5, 5.41) is 2.86. The van der Waals surface area contributed by atoms with E-state index in [0.717, 1.165) is 31.2 Å². The summed E-state index contributed by atoms with van der Waals surface area (Å²) < 4.78 is 29.1. The third-order valence-corrected chi connectivity index (χ3v) is 7.03. The first-order valence-corrected chi connectivity index (χ1v) is 11.2. The number of hydrogen-bond acceptors (Lipinski definition) is 3. The van der Waals surface area contributed by atoms with Crippen molar-refractivity contribution in [3.63, 3.8) is 0 Å². The summed E-state index contributed by atoms with van der Waals surface area (Å²) in [6, 6.07) is 8.92. The molecular formula is C21H28N3O3S+. The predicted octanol–water partition coefficient (Wildman–Crippen LogP) is 2.66. The minimum atomic E-state index is -3.53. The van der Waals surface area contributed by atoms with Gasteiger partial charge in [-0.2, -0.15) is 8.87 Å². The molecule has 3 rings (SSSR count). The first-order valence-electron chi connectivity index (χ1n) is 9.79. The van der Waals surface area contributed by atoms with Crippen LogP contribution >= 0.6 is 0 Å². The van der Waals surface area contributed by atoms with E-state index in [9.17, 15) is 13.2 Å². The number of sulfonamides is 1. The van der Waals surface area contributed by atoms with Gasteiger partial charge >= 0.3 is 0 Å². The van der Waals surface area contributed by atoms with Crippen molar-refractivity contribution < 1.29 is 17.8 Å². The molecule has 1 aliphatic rings. The lowest BCUT2D eigenvalue weighted by molar-refractivity contribution is -0.684. The normalized spacial score (nSPS) is 15.4. The van der Waals surface area contributed by atoms with Crippen LogP contribution in [-0.2, 0) is 27.8 Å². The molecule has 0 aliphatic carbocycles. The highest BCUT2D eigenvalue weighted by Crippen LogP contribution is 2.25. The number of nitrogens with one attached hydrogen (secondary N) is 1. The Morgan fingerprint density at radius 1 is 1.11 bits per heavy atom. The third-order valence-electron chi connectivity index (χ3n) is 5.13. The van der Waals surface area contributed by atoms with Crippen LogP contribution in [0.15, 0.2) is 47.6 Å². The summed E-state index contributed by atoms with van der Waals surface area (Å²) >= 11 is 0. The Labute approximate surface area is 167 Å². The molecule has 0 bridgehead atoms. The minimum absolute atomic E-state index is 0.173. The molecule has 0 unspecified atom stereocenters. The van der Waals surface area contributed by atoms with Gasteiger partial charge in [0, 0.05) is 30.9 Å². The first kappa shape index (κ1) is 20.5. The van der Waals surface area contributed by atoms with E-state index in [1.807, 2.05) is 31.5 Å². The molecule has 6 nitrogen and oxygen atoms in total. The number of amides is 1. The second-order valence-electron chi connectivity index (χ2n) is 7.22. The van der Waals surface area contributed by atoms with Gasteiger partial charge in [0.05, 0.1) is 4.90 Å². The molecule has 1 fully saturated rings. The first-order chi connectivity index (χ1) is 13.4.